The predicted molar refractivity (Wildman–Crippen MR) is 65.1 cm³/mol. The number of nitrogens with zero attached hydrogens (tertiary/aromatic N) is 1. The van der Waals surface area contributed by atoms with Gasteiger partial charge in [0.05, 0.1) is 17.8 Å². The van der Waals surface area contributed by atoms with Crippen LogP contribution in [0.1, 0.15) is 34.2 Å². The summed E-state index contributed by atoms with van der Waals surface area (Å²) in [6, 6.07) is 0. The molecular formula is C11H16N2O3S. The molecule has 1 amide bonds. The van der Waals surface area contributed by atoms with Crippen LogP contribution in [0.25, 0.3) is 0 Å². The number of rotatable bonds is 3. The Morgan fingerprint density at radius 2 is 1.94 bits per heavy atom. The summed E-state index contributed by atoms with van der Waals surface area (Å²) < 4.78 is 4.62. The van der Waals surface area contributed by atoms with Gasteiger partial charge in [-0.2, -0.15) is 0 Å². The monoisotopic (exact) mass is 256 g/mol. The van der Waals surface area contributed by atoms with Gasteiger partial charge >= 0.3 is 5.97 Å². The number of methoxy groups -OCH3 is 1. The molecule has 1 aromatic rings. The third-order valence-electron chi connectivity index (χ3n) is 2.23. The summed E-state index contributed by atoms with van der Waals surface area (Å²) in [7, 11) is 1.29. The lowest BCUT2D eigenvalue weighted by Crippen LogP contribution is -2.50. The summed E-state index contributed by atoms with van der Waals surface area (Å²) in [6.45, 7) is 6.80. The van der Waals surface area contributed by atoms with Crippen molar-refractivity contribution in [3.8, 4) is 0 Å². The molecule has 0 unspecified atom stereocenters. The number of aromatic nitrogens is 1. The van der Waals surface area contributed by atoms with Gasteiger partial charge in [-0.15, -0.1) is 11.3 Å². The van der Waals surface area contributed by atoms with E-state index in [0.717, 1.165) is 5.01 Å². The molecule has 0 bridgehead atoms. The van der Waals surface area contributed by atoms with Crippen molar-refractivity contribution in [1.29, 1.82) is 0 Å². The van der Waals surface area contributed by atoms with E-state index in [4.69, 9.17) is 0 Å². The topological polar surface area (TPSA) is 68.3 Å². The summed E-state index contributed by atoms with van der Waals surface area (Å²) >= 11 is 1.31. The van der Waals surface area contributed by atoms with Crippen LogP contribution in [-0.2, 0) is 9.53 Å². The van der Waals surface area contributed by atoms with Gasteiger partial charge in [0, 0.05) is 0 Å². The molecule has 0 saturated heterocycles. The molecule has 0 aromatic carbocycles. The van der Waals surface area contributed by atoms with Crippen LogP contribution >= 0.6 is 11.3 Å². The average Bonchev–Trinajstić information content (AvgIpc) is 2.56. The van der Waals surface area contributed by atoms with Gasteiger partial charge < -0.3 is 10.1 Å². The number of aryl methyl sites for hydroxylation is 2. The zero-order valence-corrected chi connectivity index (χ0v) is 11.4. The van der Waals surface area contributed by atoms with Crippen LogP contribution in [0.4, 0.5) is 0 Å². The molecule has 1 heterocycles. The third kappa shape index (κ3) is 3.03. The quantitative estimate of drug-likeness (QED) is 0.831. The number of carbonyl (C=O) groups is 2. The second kappa shape index (κ2) is 4.83. The zero-order chi connectivity index (χ0) is 13.2. The normalized spacial score (nSPS) is 11.1. The Kier molecular flexibility index (Phi) is 3.87. The van der Waals surface area contributed by atoms with E-state index < -0.39 is 11.5 Å². The Bertz CT molecular complexity index is 452. The van der Waals surface area contributed by atoms with Gasteiger partial charge in [0.15, 0.2) is 0 Å². The predicted octanol–water partition coefficient (Wildman–Crippen LogP) is 1.44. The minimum Gasteiger partial charge on any atom is -0.467 e. The van der Waals surface area contributed by atoms with E-state index >= 15 is 0 Å². The summed E-state index contributed by atoms with van der Waals surface area (Å²) in [6.07, 6.45) is 0. The molecule has 1 aromatic heterocycles. The Hall–Kier alpha value is -1.43. The van der Waals surface area contributed by atoms with Gasteiger partial charge in [0.25, 0.3) is 5.91 Å². The lowest BCUT2D eigenvalue weighted by atomic mass is 10.1. The highest BCUT2D eigenvalue weighted by atomic mass is 32.1. The van der Waals surface area contributed by atoms with Crippen molar-refractivity contribution in [3.63, 3.8) is 0 Å². The van der Waals surface area contributed by atoms with E-state index in [1.165, 1.54) is 18.4 Å². The molecule has 0 aliphatic heterocycles. The zero-order valence-electron chi connectivity index (χ0n) is 10.6. The number of nitrogens with one attached hydrogen (secondary N) is 1. The molecule has 1 rings (SSSR count). The molecule has 0 aliphatic carbocycles. The lowest BCUT2D eigenvalue weighted by molar-refractivity contribution is -0.146. The molecule has 0 fully saturated rings. The molecule has 17 heavy (non-hydrogen) atoms. The molecule has 0 radical (unpaired) electrons. The van der Waals surface area contributed by atoms with Gasteiger partial charge in [0.2, 0.25) is 0 Å². The molecule has 0 aliphatic rings. The van der Waals surface area contributed by atoms with Crippen LogP contribution in [0.2, 0.25) is 0 Å². The maximum atomic E-state index is 12.0. The summed E-state index contributed by atoms with van der Waals surface area (Å²) in [4.78, 5) is 28.1. The number of esters is 1. The van der Waals surface area contributed by atoms with E-state index in [1.807, 2.05) is 6.92 Å². The van der Waals surface area contributed by atoms with Gasteiger partial charge in [-0.25, -0.2) is 9.78 Å². The van der Waals surface area contributed by atoms with E-state index in [1.54, 1.807) is 20.8 Å². The highest BCUT2D eigenvalue weighted by Gasteiger charge is 2.31. The van der Waals surface area contributed by atoms with Crippen LogP contribution in [0, 0.1) is 13.8 Å². The molecule has 5 nitrogen and oxygen atoms in total. The fourth-order valence-electron chi connectivity index (χ4n) is 1.39. The molecule has 0 spiro atoms. The maximum Gasteiger partial charge on any atom is 0.330 e. The first kappa shape index (κ1) is 13.6. The van der Waals surface area contributed by atoms with Crippen molar-refractivity contribution < 1.29 is 14.3 Å². The lowest BCUT2D eigenvalue weighted by Gasteiger charge is -2.22. The van der Waals surface area contributed by atoms with Crippen molar-refractivity contribution in [1.82, 2.24) is 10.3 Å². The average molecular weight is 256 g/mol. The highest BCUT2D eigenvalue weighted by molar-refractivity contribution is 7.13. The Morgan fingerprint density at radius 1 is 1.35 bits per heavy atom. The standard InChI is InChI=1S/C11H16N2O3S/c1-6-8(17-7(2)12-6)9(14)13-11(3,4)10(15)16-5/h1-5H3,(H,13,14). The van der Waals surface area contributed by atoms with Crippen molar-refractivity contribution >= 4 is 23.2 Å². The second-order valence-electron chi connectivity index (χ2n) is 4.22. The van der Waals surface area contributed by atoms with Crippen molar-refractivity contribution in [2.24, 2.45) is 0 Å². The summed E-state index contributed by atoms with van der Waals surface area (Å²) in [5.74, 6) is -0.784. The third-order valence-corrected chi connectivity index (χ3v) is 3.30. The minimum atomic E-state index is -1.05. The Morgan fingerprint density at radius 3 is 2.35 bits per heavy atom. The van der Waals surface area contributed by atoms with Crippen molar-refractivity contribution in [3.05, 3.63) is 15.6 Å². The number of amides is 1. The SMILES string of the molecule is COC(=O)C(C)(C)NC(=O)c1sc(C)nc1C. The molecule has 6 heteroatoms. The fourth-order valence-corrected chi connectivity index (χ4v) is 2.20. The molecule has 94 valence electrons. The van der Waals surface area contributed by atoms with Gasteiger partial charge in [-0.05, 0) is 27.7 Å². The van der Waals surface area contributed by atoms with E-state index in [0.29, 0.717) is 10.6 Å². The van der Waals surface area contributed by atoms with Crippen molar-refractivity contribution in [2.75, 3.05) is 7.11 Å². The molecule has 0 saturated carbocycles. The van der Waals surface area contributed by atoms with Crippen molar-refractivity contribution in [2.45, 2.75) is 33.2 Å². The first-order valence-electron chi connectivity index (χ1n) is 5.13. The number of ether oxygens (including phenoxy) is 1. The molecular weight excluding hydrogens is 240 g/mol. The Balaban J connectivity index is 2.86. The largest absolute Gasteiger partial charge is 0.467 e. The summed E-state index contributed by atoms with van der Waals surface area (Å²) in [5, 5.41) is 3.46. The first-order chi connectivity index (χ1) is 7.77. The molecule has 1 N–H and O–H groups in total. The van der Waals surface area contributed by atoms with Crippen LogP contribution in [0.3, 0.4) is 0 Å². The van der Waals surface area contributed by atoms with Gasteiger partial charge in [0.1, 0.15) is 10.4 Å². The minimum absolute atomic E-state index is 0.302. The number of hydrogen-bond acceptors (Lipinski definition) is 5. The maximum absolute atomic E-state index is 12.0. The smallest absolute Gasteiger partial charge is 0.330 e. The van der Waals surface area contributed by atoms with E-state index in [2.05, 4.69) is 15.0 Å². The second-order valence-corrected chi connectivity index (χ2v) is 5.42. The summed E-state index contributed by atoms with van der Waals surface area (Å²) in [5.41, 5.74) is -0.374. The van der Waals surface area contributed by atoms with Crippen LogP contribution in [-0.4, -0.2) is 29.5 Å². The fraction of sp³-hybridized carbons (Fsp3) is 0.545. The van der Waals surface area contributed by atoms with E-state index in [-0.39, 0.29) is 5.91 Å². The van der Waals surface area contributed by atoms with Gasteiger partial charge in [-0.3, -0.25) is 4.79 Å². The molecule has 0 atom stereocenters. The van der Waals surface area contributed by atoms with Crippen LogP contribution in [0.5, 0.6) is 0 Å². The van der Waals surface area contributed by atoms with Gasteiger partial charge in [-0.1, -0.05) is 0 Å². The number of hydrogen-bond donors (Lipinski definition) is 1. The number of thiazole rings is 1. The number of carbonyl (C=O) groups excluding carboxylic acids is 2. The Labute approximate surface area is 104 Å². The van der Waals surface area contributed by atoms with E-state index in [9.17, 15) is 9.59 Å². The first-order valence-corrected chi connectivity index (χ1v) is 5.94. The highest BCUT2D eigenvalue weighted by Crippen LogP contribution is 2.18. The van der Waals surface area contributed by atoms with Crippen LogP contribution in [0.15, 0.2) is 0 Å². The van der Waals surface area contributed by atoms with Crippen LogP contribution < -0.4 is 5.32 Å².